The lowest BCUT2D eigenvalue weighted by Crippen LogP contribution is -2.30. The number of nitrogens with zero attached hydrogens (tertiary/aromatic N) is 1. The van der Waals surface area contributed by atoms with Crippen molar-refractivity contribution in [2.24, 2.45) is 0 Å². The smallest absolute Gasteiger partial charge is 0.240 e. The topological polar surface area (TPSA) is 29.5 Å². The highest BCUT2D eigenvalue weighted by atomic mass is 32.2. The molecule has 4 heteroatoms. The van der Waals surface area contributed by atoms with Crippen molar-refractivity contribution in [3.8, 4) is 5.75 Å². The van der Waals surface area contributed by atoms with Gasteiger partial charge in [0.25, 0.3) is 0 Å². The van der Waals surface area contributed by atoms with Crippen molar-refractivity contribution in [2.45, 2.75) is 16.7 Å². The van der Waals surface area contributed by atoms with E-state index in [-0.39, 0.29) is 11.2 Å². The molecule has 0 aliphatic heterocycles. The van der Waals surface area contributed by atoms with Crippen LogP contribution in [0.4, 0.5) is 0 Å². The van der Waals surface area contributed by atoms with Crippen LogP contribution in [-0.2, 0) is 11.3 Å². The van der Waals surface area contributed by atoms with Gasteiger partial charge in [-0.15, -0.1) is 11.8 Å². The average Bonchev–Trinajstić information content (AvgIpc) is 2.73. The van der Waals surface area contributed by atoms with Gasteiger partial charge >= 0.3 is 0 Å². The molecule has 0 fully saturated rings. The number of carbonyl (C=O) groups excluding carboxylic acids is 1. The summed E-state index contributed by atoms with van der Waals surface area (Å²) in [5, 5.41) is -0.298. The molecule has 0 saturated heterocycles. The number of benzene rings is 3. The summed E-state index contributed by atoms with van der Waals surface area (Å²) in [5.74, 6) is 0.866. The van der Waals surface area contributed by atoms with E-state index >= 15 is 0 Å². The van der Waals surface area contributed by atoms with Crippen molar-refractivity contribution >= 4 is 17.7 Å². The normalized spacial score (nSPS) is 11.6. The number of ether oxygens (including phenoxy) is 1. The van der Waals surface area contributed by atoms with Crippen molar-refractivity contribution in [3.05, 3.63) is 96.1 Å². The second-order valence-electron chi connectivity index (χ2n) is 6.23. The SMILES string of the molecule is COc1ccccc1CN(C)C(=O)C(Sc1ccccc1)c1ccccc1. The summed E-state index contributed by atoms with van der Waals surface area (Å²) in [4.78, 5) is 16.2. The van der Waals surface area contributed by atoms with Crippen LogP contribution in [-0.4, -0.2) is 25.0 Å². The van der Waals surface area contributed by atoms with Gasteiger partial charge in [0, 0.05) is 24.1 Å². The van der Waals surface area contributed by atoms with Crippen LogP contribution < -0.4 is 4.74 Å². The monoisotopic (exact) mass is 377 g/mol. The molecule has 27 heavy (non-hydrogen) atoms. The van der Waals surface area contributed by atoms with Gasteiger partial charge in [0.1, 0.15) is 11.0 Å². The van der Waals surface area contributed by atoms with E-state index in [0.29, 0.717) is 6.54 Å². The Morgan fingerprint density at radius 1 is 0.926 bits per heavy atom. The highest BCUT2D eigenvalue weighted by Crippen LogP contribution is 2.36. The number of thioether (sulfide) groups is 1. The van der Waals surface area contributed by atoms with Gasteiger partial charge in [-0.05, 0) is 23.8 Å². The fourth-order valence-electron chi connectivity index (χ4n) is 2.89. The summed E-state index contributed by atoms with van der Waals surface area (Å²) in [6, 6.07) is 27.8. The molecular formula is C23H23NO2S. The van der Waals surface area contributed by atoms with E-state index < -0.39 is 0 Å². The standard InChI is InChI=1S/C23H23NO2S/c1-24(17-19-13-9-10-16-21(19)26-2)23(25)22(18-11-5-3-6-12-18)27-20-14-7-4-8-15-20/h3-16,22H,17H2,1-2H3. The maximum Gasteiger partial charge on any atom is 0.240 e. The Morgan fingerprint density at radius 2 is 1.52 bits per heavy atom. The summed E-state index contributed by atoms with van der Waals surface area (Å²) in [7, 11) is 3.49. The Kier molecular flexibility index (Phi) is 6.55. The molecule has 0 N–H and O–H groups in total. The average molecular weight is 378 g/mol. The quantitative estimate of drug-likeness (QED) is 0.531. The fourth-order valence-corrected chi connectivity index (χ4v) is 4.05. The van der Waals surface area contributed by atoms with Gasteiger partial charge in [0.15, 0.2) is 0 Å². The van der Waals surface area contributed by atoms with E-state index in [4.69, 9.17) is 4.74 Å². The first-order chi connectivity index (χ1) is 13.2. The summed E-state index contributed by atoms with van der Waals surface area (Å²) >= 11 is 1.58. The van der Waals surface area contributed by atoms with E-state index in [2.05, 4.69) is 0 Å². The zero-order valence-electron chi connectivity index (χ0n) is 15.5. The summed E-state index contributed by atoms with van der Waals surface area (Å²) in [6.07, 6.45) is 0. The van der Waals surface area contributed by atoms with Crippen molar-refractivity contribution in [1.29, 1.82) is 0 Å². The Labute approximate surface area is 165 Å². The van der Waals surface area contributed by atoms with Crippen LogP contribution in [0.25, 0.3) is 0 Å². The number of rotatable bonds is 7. The third kappa shape index (κ3) is 4.92. The first-order valence-electron chi connectivity index (χ1n) is 8.82. The second kappa shape index (κ2) is 9.28. The zero-order chi connectivity index (χ0) is 19.1. The lowest BCUT2D eigenvalue weighted by molar-refractivity contribution is -0.129. The molecule has 0 aliphatic carbocycles. The van der Waals surface area contributed by atoms with Gasteiger partial charge in [0.05, 0.1) is 7.11 Å². The molecule has 0 saturated carbocycles. The van der Waals surface area contributed by atoms with Crippen molar-refractivity contribution in [3.63, 3.8) is 0 Å². The number of likely N-dealkylation sites (N-methyl/N-ethyl adjacent to an activating group) is 1. The molecule has 3 aromatic carbocycles. The number of hydrogen-bond donors (Lipinski definition) is 0. The summed E-state index contributed by atoms with van der Waals surface area (Å²) in [5.41, 5.74) is 2.00. The highest BCUT2D eigenvalue weighted by molar-refractivity contribution is 8.00. The first kappa shape index (κ1) is 19.1. The van der Waals surface area contributed by atoms with Crippen LogP contribution in [0, 0.1) is 0 Å². The molecule has 0 radical (unpaired) electrons. The van der Waals surface area contributed by atoms with E-state index in [0.717, 1.165) is 21.8 Å². The minimum atomic E-state index is -0.298. The van der Waals surface area contributed by atoms with E-state index in [1.807, 2.05) is 92.0 Å². The van der Waals surface area contributed by atoms with Gasteiger partial charge < -0.3 is 9.64 Å². The van der Waals surface area contributed by atoms with Gasteiger partial charge in [-0.3, -0.25) is 4.79 Å². The molecule has 138 valence electrons. The summed E-state index contributed by atoms with van der Waals surface area (Å²) in [6.45, 7) is 0.502. The number of hydrogen-bond acceptors (Lipinski definition) is 3. The first-order valence-corrected chi connectivity index (χ1v) is 9.70. The molecule has 0 bridgehead atoms. The third-order valence-electron chi connectivity index (χ3n) is 4.30. The number of carbonyl (C=O) groups is 1. The molecule has 0 spiro atoms. The Balaban J connectivity index is 1.83. The van der Waals surface area contributed by atoms with E-state index in [1.165, 1.54) is 0 Å². The molecule has 3 rings (SSSR count). The van der Waals surface area contributed by atoms with Crippen LogP contribution in [0.3, 0.4) is 0 Å². The zero-order valence-corrected chi connectivity index (χ0v) is 16.4. The number of amides is 1. The minimum Gasteiger partial charge on any atom is -0.496 e. The largest absolute Gasteiger partial charge is 0.496 e. The molecule has 0 aliphatic rings. The van der Waals surface area contributed by atoms with Crippen LogP contribution in [0.1, 0.15) is 16.4 Å². The lowest BCUT2D eigenvalue weighted by Gasteiger charge is -2.24. The molecule has 1 atom stereocenters. The Hall–Kier alpha value is -2.72. The van der Waals surface area contributed by atoms with Crippen molar-refractivity contribution in [1.82, 2.24) is 4.90 Å². The van der Waals surface area contributed by atoms with Gasteiger partial charge in [-0.1, -0.05) is 66.7 Å². The van der Waals surface area contributed by atoms with Gasteiger partial charge in [-0.25, -0.2) is 0 Å². The van der Waals surface area contributed by atoms with Crippen LogP contribution in [0.5, 0.6) is 5.75 Å². The predicted octanol–water partition coefficient (Wildman–Crippen LogP) is 5.19. The highest BCUT2D eigenvalue weighted by Gasteiger charge is 2.25. The van der Waals surface area contributed by atoms with E-state index in [1.54, 1.807) is 23.8 Å². The van der Waals surface area contributed by atoms with Crippen LogP contribution >= 0.6 is 11.8 Å². The van der Waals surface area contributed by atoms with E-state index in [9.17, 15) is 4.79 Å². The molecule has 3 aromatic rings. The summed E-state index contributed by atoms with van der Waals surface area (Å²) < 4.78 is 5.42. The maximum atomic E-state index is 13.3. The Morgan fingerprint density at radius 3 is 2.19 bits per heavy atom. The molecule has 0 heterocycles. The predicted molar refractivity (Wildman–Crippen MR) is 111 cm³/mol. The lowest BCUT2D eigenvalue weighted by atomic mass is 10.1. The van der Waals surface area contributed by atoms with Crippen LogP contribution in [0.15, 0.2) is 89.8 Å². The van der Waals surface area contributed by atoms with Gasteiger partial charge in [-0.2, -0.15) is 0 Å². The Bertz CT molecular complexity index is 868. The van der Waals surface area contributed by atoms with Crippen molar-refractivity contribution in [2.75, 3.05) is 14.2 Å². The number of para-hydroxylation sites is 1. The van der Waals surface area contributed by atoms with Gasteiger partial charge in [0.2, 0.25) is 5.91 Å². The third-order valence-corrected chi connectivity index (χ3v) is 5.55. The molecule has 0 aromatic heterocycles. The molecular weight excluding hydrogens is 354 g/mol. The second-order valence-corrected chi connectivity index (χ2v) is 7.41. The molecule has 3 nitrogen and oxygen atoms in total. The van der Waals surface area contributed by atoms with Crippen LogP contribution in [0.2, 0.25) is 0 Å². The number of methoxy groups -OCH3 is 1. The fraction of sp³-hybridized carbons (Fsp3) is 0.174. The molecule has 1 amide bonds. The van der Waals surface area contributed by atoms with Crippen molar-refractivity contribution < 1.29 is 9.53 Å². The minimum absolute atomic E-state index is 0.0703. The molecule has 1 unspecified atom stereocenters. The maximum absolute atomic E-state index is 13.3.